The molecule has 0 aromatic rings. The van der Waals surface area contributed by atoms with Gasteiger partial charge in [-0.1, -0.05) is 0 Å². The van der Waals surface area contributed by atoms with E-state index in [1.165, 1.54) is 13.4 Å². The maximum Gasteiger partial charge on any atom is 0.326 e. The maximum atomic E-state index is 11.5. The molecule has 20 heavy (non-hydrogen) atoms. The quantitative estimate of drug-likeness (QED) is 0.518. The second-order valence-electron chi connectivity index (χ2n) is 4.17. The lowest BCUT2D eigenvalue weighted by Gasteiger charge is -2.16. The van der Waals surface area contributed by atoms with Gasteiger partial charge in [0.2, 0.25) is 0 Å². The fourth-order valence-corrected chi connectivity index (χ4v) is 1.50. The standard InChI is InChI=1S/C11H20N2O6S/c1-7(20(3)18)6-12-11(17)13-8(10(15)16)4-5-9(14)19-2/h7-8H,4-6H2,1-3H3,(H,15,16)(H2,12,13,17)/t7?,8-,20?/m0/s1. The summed E-state index contributed by atoms with van der Waals surface area (Å²) in [6.45, 7) is 1.86. The largest absolute Gasteiger partial charge is 0.480 e. The van der Waals surface area contributed by atoms with Crippen LogP contribution in [0.3, 0.4) is 0 Å². The normalized spacial score (nSPS) is 14.8. The number of amides is 2. The van der Waals surface area contributed by atoms with Gasteiger partial charge in [-0.2, -0.15) is 0 Å². The third-order valence-electron chi connectivity index (χ3n) is 2.58. The van der Waals surface area contributed by atoms with Crippen molar-refractivity contribution in [2.75, 3.05) is 19.9 Å². The van der Waals surface area contributed by atoms with Crippen LogP contribution < -0.4 is 10.6 Å². The molecule has 0 aliphatic rings. The molecule has 0 saturated heterocycles. The van der Waals surface area contributed by atoms with Gasteiger partial charge in [-0.15, -0.1) is 0 Å². The van der Waals surface area contributed by atoms with Crippen LogP contribution in [0.15, 0.2) is 0 Å². The number of urea groups is 1. The molecule has 0 bridgehead atoms. The van der Waals surface area contributed by atoms with Gasteiger partial charge < -0.3 is 20.5 Å². The second-order valence-corrected chi connectivity index (χ2v) is 5.97. The number of carboxylic acid groups (broad SMARTS) is 1. The van der Waals surface area contributed by atoms with Crippen LogP contribution in [0.1, 0.15) is 19.8 Å². The minimum absolute atomic E-state index is 0.0648. The molecule has 0 rings (SSSR count). The number of carbonyl (C=O) groups is 3. The zero-order valence-electron chi connectivity index (χ0n) is 11.7. The average Bonchev–Trinajstić information content (AvgIpc) is 2.39. The minimum atomic E-state index is -1.24. The van der Waals surface area contributed by atoms with Gasteiger partial charge in [-0.05, 0) is 13.3 Å². The molecule has 0 aliphatic heterocycles. The number of nitrogens with one attached hydrogen (secondary N) is 2. The molecular weight excluding hydrogens is 288 g/mol. The van der Waals surface area contributed by atoms with E-state index in [1.54, 1.807) is 6.92 Å². The lowest BCUT2D eigenvalue weighted by atomic mass is 10.1. The molecule has 116 valence electrons. The predicted molar refractivity (Wildman–Crippen MR) is 72.7 cm³/mol. The molecule has 0 aromatic carbocycles. The van der Waals surface area contributed by atoms with E-state index in [2.05, 4.69) is 15.4 Å². The topological polar surface area (TPSA) is 122 Å². The van der Waals surface area contributed by atoms with E-state index in [0.29, 0.717) is 0 Å². The molecular formula is C11H20N2O6S. The van der Waals surface area contributed by atoms with Gasteiger partial charge in [0.25, 0.3) is 0 Å². The van der Waals surface area contributed by atoms with Crippen molar-refractivity contribution in [1.29, 1.82) is 0 Å². The molecule has 3 N–H and O–H groups in total. The number of esters is 1. The van der Waals surface area contributed by atoms with Crippen molar-refractivity contribution < 1.29 is 28.4 Å². The molecule has 0 aliphatic carbocycles. The third kappa shape index (κ3) is 7.72. The van der Waals surface area contributed by atoms with E-state index in [4.69, 9.17) is 5.11 Å². The van der Waals surface area contributed by atoms with Gasteiger partial charge in [0.15, 0.2) is 0 Å². The zero-order valence-corrected chi connectivity index (χ0v) is 12.5. The first kappa shape index (κ1) is 18.4. The van der Waals surface area contributed by atoms with Crippen LogP contribution in [0.5, 0.6) is 0 Å². The van der Waals surface area contributed by atoms with Gasteiger partial charge >= 0.3 is 18.0 Å². The SMILES string of the molecule is COC(=O)CC[C@H](NC(=O)NCC(C)S(C)=O)C(=O)O. The summed E-state index contributed by atoms with van der Waals surface area (Å²) < 4.78 is 15.5. The lowest BCUT2D eigenvalue weighted by Crippen LogP contribution is -2.47. The molecule has 8 nitrogen and oxygen atoms in total. The van der Waals surface area contributed by atoms with E-state index in [-0.39, 0.29) is 24.6 Å². The number of hydrogen-bond donors (Lipinski definition) is 3. The van der Waals surface area contributed by atoms with Gasteiger partial charge in [0.05, 0.1) is 7.11 Å². The van der Waals surface area contributed by atoms with Crippen LogP contribution >= 0.6 is 0 Å². The lowest BCUT2D eigenvalue weighted by molar-refractivity contribution is -0.142. The molecule has 0 heterocycles. The van der Waals surface area contributed by atoms with E-state index in [9.17, 15) is 18.6 Å². The molecule has 9 heteroatoms. The number of carbonyl (C=O) groups excluding carboxylic acids is 2. The summed E-state index contributed by atoms with van der Waals surface area (Å²) in [6, 6.07) is -1.86. The van der Waals surface area contributed by atoms with Gasteiger partial charge in [0.1, 0.15) is 6.04 Å². The van der Waals surface area contributed by atoms with Crippen molar-refractivity contribution in [3.63, 3.8) is 0 Å². The highest BCUT2D eigenvalue weighted by atomic mass is 32.2. The second kappa shape index (κ2) is 9.29. The third-order valence-corrected chi connectivity index (χ3v) is 3.88. The van der Waals surface area contributed by atoms with Crippen molar-refractivity contribution in [2.24, 2.45) is 0 Å². The summed E-state index contributed by atoms with van der Waals surface area (Å²) in [7, 11) is 0.120. The Kier molecular flexibility index (Phi) is 8.53. The van der Waals surface area contributed by atoms with E-state index in [0.717, 1.165) is 0 Å². The molecule has 0 saturated carbocycles. The van der Waals surface area contributed by atoms with Crippen molar-refractivity contribution in [2.45, 2.75) is 31.1 Å². The van der Waals surface area contributed by atoms with Gasteiger partial charge in [-0.25, -0.2) is 9.59 Å². The maximum absolute atomic E-state index is 11.5. The van der Waals surface area contributed by atoms with Gasteiger partial charge in [-0.3, -0.25) is 9.00 Å². The highest BCUT2D eigenvalue weighted by molar-refractivity contribution is 7.84. The molecule has 2 unspecified atom stereocenters. The van der Waals surface area contributed by atoms with Crippen molar-refractivity contribution in [1.82, 2.24) is 10.6 Å². The molecule has 3 atom stereocenters. The highest BCUT2D eigenvalue weighted by Crippen LogP contribution is 1.99. The Bertz CT molecular complexity index is 387. The Hall–Kier alpha value is -1.64. The molecule has 0 spiro atoms. The van der Waals surface area contributed by atoms with Crippen LogP contribution in [0.25, 0.3) is 0 Å². The Morgan fingerprint density at radius 3 is 2.40 bits per heavy atom. The predicted octanol–water partition coefficient (Wildman–Crippen LogP) is -0.541. The summed E-state index contributed by atoms with van der Waals surface area (Å²) in [5.74, 6) is -1.79. The minimum Gasteiger partial charge on any atom is -0.480 e. The monoisotopic (exact) mass is 308 g/mol. The van der Waals surface area contributed by atoms with Crippen molar-refractivity contribution in [3.05, 3.63) is 0 Å². The Balaban J connectivity index is 4.24. The number of hydrogen-bond acceptors (Lipinski definition) is 5. The first-order chi connectivity index (χ1) is 9.27. The van der Waals surface area contributed by atoms with Crippen LogP contribution in [0.4, 0.5) is 4.79 Å². The highest BCUT2D eigenvalue weighted by Gasteiger charge is 2.21. The van der Waals surface area contributed by atoms with E-state index < -0.39 is 34.8 Å². The number of ether oxygens (including phenoxy) is 1. The van der Waals surface area contributed by atoms with Gasteiger partial charge in [0, 0.05) is 35.3 Å². The van der Waals surface area contributed by atoms with Crippen LogP contribution in [-0.4, -0.2) is 58.5 Å². The molecule has 0 radical (unpaired) electrons. The molecule has 2 amide bonds. The van der Waals surface area contributed by atoms with E-state index >= 15 is 0 Å². The number of methoxy groups -OCH3 is 1. The molecule has 0 aromatic heterocycles. The molecule has 0 fully saturated rings. The number of aliphatic carboxylic acids is 1. The summed E-state index contributed by atoms with van der Waals surface area (Å²) >= 11 is 0. The smallest absolute Gasteiger partial charge is 0.326 e. The Morgan fingerprint density at radius 1 is 1.35 bits per heavy atom. The Morgan fingerprint density at radius 2 is 1.95 bits per heavy atom. The van der Waals surface area contributed by atoms with Crippen molar-refractivity contribution >= 4 is 28.8 Å². The first-order valence-corrected chi connectivity index (χ1v) is 7.56. The first-order valence-electron chi connectivity index (χ1n) is 5.94. The zero-order chi connectivity index (χ0) is 15.7. The Labute approximate surface area is 119 Å². The number of carboxylic acids is 1. The fraction of sp³-hybridized carbons (Fsp3) is 0.727. The van der Waals surface area contributed by atoms with Crippen LogP contribution in [-0.2, 0) is 25.1 Å². The van der Waals surface area contributed by atoms with Crippen LogP contribution in [0, 0.1) is 0 Å². The fourth-order valence-electron chi connectivity index (χ4n) is 1.18. The average molecular weight is 308 g/mol. The van der Waals surface area contributed by atoms with Crippen molar-refractivity contribution in [3.8, 4) is 0 Å². The van der Waals surface area contributed by atoms with Crippen LogP contribution in [0.2, 0.25) is 0 Å². The summed E-state index contributed by atoms with van der Waals surface area (Å²) in [5.41, 5.74) is 0. The summed E-state index contributed by atoms with van der Waals surface area (Å²) in [4.78, 5) is 33.4. The summed E-state index contributed by atoms with van der Waals surface area (Å²) in [5, 5.41) is 13.4. The summed E-state index contributed by atoms with van der Waals surface area (Å²) in [6.07, 6.45) is 1.34. The van der Waals surface area contributed by atoms with E-state index in [1.807, 2.05) is 0 Å². The number of rotatable bonds is 8.